The molecule has 0 heterocycles. The largest absolute Gasteiger partial charge is 0.497 e. The Morgan fingerprint density at radius 2 is 1.96 bits per heavy atom. The molecule has 0 aliphatic heterocycles. The van der Waals surface area contributed by atoms with Crippen LogP contribution in [0.5, 0.6) is 11.5 Å². The minimum absolute atomic E-state index is 0.0337. The van der Waals surface area contributed by atoms with Gasteiger partial charge in [-0.25, -0.2) is 0 Å². The summed E-state index contributed by atoms with van der Waals surface area (Å²) in [5, 5.41) is 12.1. The first-order chi connectivity index (χ1) is 12.5. The van der Waals surface area contributed by atoms with Crippen LogP contribution in [-0.4, -0.2) is 20.1 Å². The first-order valence-electron chi connectivity index (χ1n) is 7.54. The highest BCUT2D eigenvalue weighted by molar-refractivity contribution is 14.1. The van der Waals surface area contributed by atoms with Crippen LogP contribution in [0, 0.1) is 14.9 Å². The molecular formula is C19H16BrIN2O3. The van der Waals surface area contributed by atoms with Crippen molar-refractivity contribution in [1.29, 1.82) is 5.26 Å². The molecule has 0 saturated carbocycles. The molecule has 2 rings (SSSR count). The molecule has 26 heavy (non-hydrogen) atoms. The fraction of sp³-hybridized carbons (Fsp3) is 0.158. The lowest BCUT2D eigenvalue weighted by Gasteiger charge is -2.08. The van der Waals surface area contributed by atoms with Gasteiger partial charge in [-0.1, -0.05) is 12.1 Å². The quantitative estimate of drug-likeness (QED) is 0.346. The van der Waals surface area contributed by atoms with Gasteiger partial charge in [-0.15, -0.1) is 0 Å². The summed E-state index contributed by atoms with van der Waals surface area (Å²) >= 11 is 5.57. The monoisotopic (exact) mass is 526 g/mol. The third kappa shape index (κ3) is 5.22. The number of nitriles is 1. The van der Waals surface area contributed by atoms with Crippen LogP contribution < -0.4 is 14.8 Å². The summed E-state index contributed by atoms with van der Waals surface area (Å²) in [4.78, 5) is 12.3. The average Bonchev–Trinajstić information content (AvgIpc) is 2.64. The predicted molar refractivity (Wildman–Crippen MR) is 112 cm³/mol. The molecule has 0 fully saturated rings. The summed E-state index contributed by atoms with van der Waals surface area (Å²) in [5.41, 5.74) is 1.68. The van der Waals surface area contributed by atoms with Crippen molar-refractivity contribution < 1.29 is 14.3 Å². The normalized spacial score (nSPS) is 10.8. The van der Waals surface area contributed by atoms with E-state index in [-0.39, 0.29) is 5.57 Å². The highest BCUT2D eigenvalue weighted by atomic mass is 127. The number of nitrogens with one attached hydrogen (secondary N) is 1. The number of hydrogen-bond acceptors (Lipinski definition) is 4. The number of halogens is 2. The van der Waals surface area contributed by atoms with Gasteiger partial charge in [0.25, 0.3) is 5.91 Å². The summed E-state index contributed by atoms with van der Waals surface area (Å²) in [6.07, 6.45) is 1.55. The van der Waals surface area contributed by atoms with Crippen LogP contribution in [0.2, 0.25) is 0 Å². The number of carbonyl (C=O) groups excluding carboxylic acids is 1. The van der Waals surface area contributed by atoms with Crippen molar-refractivity contribution >= 4 is 50.5 Å². The summed E-state index contributed by atoms with van der Waals surface area (Å²) in [6, 6.07) is 13.0. The van der Waals surface area contributed by atoms with E-state index < -0.39 is 5.91 Å². The Bertz CT molecular complexity index is 850. The number of amides is 1. The van der Waals surface area contributed by atoms with E-state index in [1.807, 2.05) is 36.4 Å². The zero-order chi connectivity index (χ0) is 19.1. The van der Waals surface area contributed by atoms with Crippen molar-refractivity contribution in [2.24, 2.45) is 0 Å². The number of benzene rings is 2. The summed E-state index contributed by atoms with van der Waals surface area (Å²) in [7, 11) is 3.19. The fourth-order valence-electron chi connectivity index (χ4n) is 2.19. The second-order valence-corrected chi connectivity index (χ2v) is 7.23. The van der Waals surface area contributed by atoms with Crippen molar-refractivity contribution in [1.82, 2.24) is 5.32 Å². The van der Waals surface area contributed by atoms with E-state index in [4.69, 9.17) is 9.47 Å². The molecule has 0 aliphatic carbocycles. The SMILES string of the molecule is COc1ccc(CNC(=O)/C(C#N)=C\c2cc(Br)c(OC)c(I)c2)cc1. The third-order valence-electron chi connectivity index (χ3n) is 3.51. The van der Waals surface area contributed by atoms with Crippen molar-refractivity contribution in [3.8, 4) is 17.6 Å². The number of methoxy groups -OCH3 is 2. The lowest BCUT2D eigenvalue weighted by atomic mass is 10.1. The zero-order valence-corrected chi connectivity index (χ0v) is 17.9. The second-order valence-electron chi connectivity index (χ2n) is 5.22. The first kappa shape index (κ1) is 20.3. The lowest BCUT2D eigenvalue weighted by Crippen LogP contribution is -2.23. The Hall–Kier alpha value is -2.05. The molecule has 1 N–H and O–H groups in total. The maximum Gasteiger partial charge on any atom is 0.262 e. The minimum atomic E-state index is -0.426. The van der Waals surface area contributed by atoms with Crippen LogP contribution in [0.15, 0.2) is 46.4 Å². The van der Waals surface area contributed by atoms with Gasteiger partial charge in [0.1, 0.15) is 23.1 Å². The predicted octanol–water partition coefficient (Wildman–Crippen LogP) is 4.29. The van der Waals surface area contributed by atoms with Gasteiger partial charge in [-0.2, -0.15) is 5.26 Å². The Morgan fingerprint density at radius 3 is 2.50 bits per heavy atom. The lowest BCUT2D eigenvalue weighted by molar-refractivity contribution is -0.117. The number of hydrogen-bond donors (Lipinski definition) is 1. The minimum Gasteiger partial charge on any atom is -0.497 e. The molecule has 2 aromatic rings. The van der Waals surface area contributed by atoms with Crippen molar-refractivity contribution in [2.75, 3.05) is 14.2 Å². The standard InChI is InChI=1S/C19H16BrIN2O3/c1-25-15-5-3-12(4-6-15)11-23-19(24)14(10-22)7-13-8-16(20)18(26-2)17(21)9-13/h3-9H,11H2,1-2H3,(H,23,24)/b14-7-. The van der Waals surface area contributed by atoms with E-state index in [1.165, 1.54) is 0 Å². The molecule has 0 saturated heterocycles. The average molecular weight is 527 g/mol. The molecule has 7 heteroatoms. The molecule has 134 valence electrons. The van der Waals surface area contributed by atoms with Crippen LogP contribution in [0.3, 0.4) is 0 Å². The number of ether oxygens (including phenoxy) is 2. The summed E-state index contributed by atoms with van der Waals surface area (Å²) in [5.74, 6) is 1.04. The molecule has 0 aromatic heterocycles. The molecule has 1 amide bonds. The molecule has 0 unspecified atom stereocenters. The van der Waals surface area contributed by atoms with Crippen LogP contribution in [0.25, 0.3) is 6.08 Å². The van der Waals surface area contributed by atoms with E-state index in [2.05, 4.69) is 43.8 Å². The maximum atomic E-state index is 12.3. The number of carbonyl (C=O) groups is 1. The van der Waals surface area contributed by atoms with Crippen LogP contribution in [0.4, 0.5) is 0 Å². The van der Waals surface area contributed by atoms with Crippen molar-refractivity contribution in [3.63, 3.8) is 0 Å². The molecular weight excluding hydrogens is 511 g/mol. The van der Waals surface area contributed by atoms with E-state index in [0.29, 0.717) is 12.3 Å². The molecule has 0 atom stereocenters. The fourth-order valence-corrected chi connectivity index (χ4v) is 4.07. The molecule has 0 spiro atoms. The molecule has 2 aromatic carbocycles. The third-order valence-corrected chi connectivity index (χ3v) is 4.90. The van der Waals surface area contributed by atoms with Gasteiger partial charge in [-0.3, -0.25) is 4.79 Å². The Balaban J connectivity index is 2.12. The number of nitrogens with zero attached hydrogens (tertiary/aromatic N) is 1. The summed E-state index contributed by atoms with van der Waals surface area (Å²) < 4.78 is 12.0. The first-order valence-corrected chi connectivity index (χ1v) is 9.41. The van der Waals surface area contributed by atoms with Gasteiger partial charge in [-0.05, 0) is 80.0 Å². The van der Waals surface area contributed by atoms with E-state index in [1.54, 1.807) is 26.4 Å². The smallest absolute Gasteiger partial charge is 0.262 e. The maximum absolute atomic E-state index is 12.3. The van der Waals surface area contributed by atoms with Gasteiger partial charge in [0.2, 0.25) is 0 Å². The van der Waals surface area contributed by atoms with Gasteiger partial charge in [0.05, 0.1) is 22.3 Å². The topological polar surface area (TPSA) is 71.3 Å². The zero-order valence-electron chi connectivity index (χ0n) is 14.2. The summed E-state index contributed by atoms with van der Waals surface area (Å²) in [6.45, 7) is 0.325. The van der Waals surface area contributed by atoms with Gasteiger partial charge >= 0.3 is 0 Å². The van der Waals surface area contributed by atoms with E-state index in [0.717, 1.165) is 24.9 Å². The van der Waals surface area contributed by atoms with Crippen LogP contribution in [-0.2, 0) is 11.3 Å². The van der Waals surface area contributed by atoms with Gasteiger partial charge in [0.15, 0.2) is 0 Å². The Labute approximate surface area is 174 Å². The highest BCUT2D eigenvalue weighted by Gasteiger charge is 2.11. The van der Waals surface area contributed by atoms with E-state index >= 15 is 0 Å². The molecule has 0 radical (unpaired) electrons. The van der Waals surface area contributed by atoms with E-state index in [9.17, 15) is 10.1 Å². The highest BCUT2D eigenvalue weighted by Crippen LogP contribution is 2.32. The Kier molecular flexibility index (Phi) is 7.48. The Morgan fingerprint density at radius 1 is 1.27 bits per heavy atom. The van der Waals surface area contributed by atoms with Crippen LogP contribution in [0.1, 0.15) is 11.1 Å². The van der Waals surface area contributed by atoms with Gasteiger partial charge < -0.3 is 14.8 Å². The molecule has 0 aliphatic rings. The van der Waals surface area contributed by atoms with Crippen molar-refractivity contribution in [3.05, 3.63) is 61.1 Å². The van der Waals surface area contributed by atoms with Gasteiger partial charge in [0, 0.05) is 6.54 Å². The molecule has 5 nitrogen and oxygen atoms in total. The second kappa shape index (κ2) is 9.59. The van der Waals surface area contributed by atoms with Crippen molar-refractivity contribution in [2.45, 2.75) is 6.54 Å². The molecule has 0 bridgehead atoms. The van der Waals surface area contributed by atoms with Crippen LogP contribution >= 0.6 is 38.5 Å². The number of rotatable bonds is 6.